The first kappa shape index (κ1) is 13.1. The van der Waals surface area contributed by atoms with Crippen LogP contribution in [0.5, 0.6) is 5.75 Å². The molecule has 0 heterocycles. The van der Waals surface area contributed by atoms with Gasteiger partial charge in [-0.25, -0.2) is 4.39 Å². The number of aryl methyl sites for hydroxylation is 1. The van der Waals surface area contributed by atoms with Crippen LogP contribution in [-0.4, -0.2) is 13.0 Å². The van der Waals surface area contributed by atoms with E-state index in [-0.39, 0.29) is 11.7 Å². The summed E-state index contributed by atoms with van der Waals surface area (Å²) < 4.78 is 18.1. The molecule has 98 valence electrons. The average Bonchev–Trinajstić information content (AvgIpc) is 2.41. The van der Waals surface area contributed by atoms with E-state index < -0.39 is 5.82 Å². The molecule has 19 heavy (non-hydrogen) atoms. The van der Waals surface area contributed by atoms with Gasteiger partial charge in [0, 0.05) is 17.3 Å². The number of rotatable bonds is 3. The average molecular weight is 259 g/mol. The fourth-order valence-electron chi connectivity index (χ4n) is 1.73. The van der Waals surface area contributed by atoms with Crippen molar-refractivity contribution in [2.24, 2.45) is 0 Å². The van der Waals surface area contributed by atoms with Crippen LogP contribution in [0.1, 0.15) is 15.9 Å². The second-order valence-corrected chi connectivity index (χ2v) is 4.17. The van der Waals surface area contributed by atoms with Gasteiger partial charge in [0.25, 0.3) is 5.91 Å². The number of carbonyl (C=O) groups is 1. The van der Waals surface area contributed by atoms with Crippen molar-refractivity contribution >= 4 is 11.6 Å². The summed E-state index contributed by atoms with van der Waals surface area (Å²) in [5, 5.41) is 2.70. The van der Waals surface area contributed by atoms with E-state index in [1.165, 1.54) is 25.3 Å². The van der Waals surface area contributed by atoms with Crippen molar-refractivity contribution in [3.05, 3.63) is 59.4 Å². The summed E-state index contributed by atoms with van der Waals surface area (Å²) in [6.07, 6.45) is 0. The molecule has 0 aliphatic carbocycles. The van der Waals surface area contributed by atoms with Crippen LogP contribution in [-0.2, 0) is 0 Å². The van der Waals surface area contributed by atoms with E-state index in [1.54, 1.807) is 12.1 Å². The number of hydrogen-bond acceptors (Lipinski definition) is 2. The zero-order valence-corrected chi connectivity index (χ0v) is 10.7. The number of ether oxygens (including phenoxy) is 1. The van der Waals surface area contributed by atoms with Crippen molar-refractivity contribution in [3.63, 3.8) is 0 Å². The van der Waals surface area contributed by atoms with Gasteiger partial charge in [0.1, 0.15) is 0 Å². The Balaban J connectivity index is 2.19. The van der Waals surface area contributed by atoms with Gasteiger partial charge in [-0.3, -0.25) is 4.79 Å². The lowest BCUT2D eigenvalue weighted by molar-refractivity contribution is 0.102. The number of benzene rings is 2. The minimum atomic E-state index is -0.462. The second kappa shape index (κ2) is 5.52. The normalized spacial score (nSPS) is 10.1. The Morgan fingerprint density at radius 3 is 2.68 bits per heavy atom. The van der Waals surface area contributed by atoms with Crippen molar-refractivity contribution in [1.82, 2.24) is 0 Å². The van der Waals surface area contributed by atoms with Crippen molar-refractivity contribution in [2.45, 2.75) is 6.92 Å². The Morgan fingerprint density at radius 2 is 2.00 bits per heavy atom. The predicted octanol–water partition coefficient (Wildman–Crippen LogP) is 3.40. The number of methoxy groups -OCH3 is 1. The lowest BCUT2D eigenvalue weighted by Crippen LogP contribution is -2.12. The molecule has 4 heteroatoms. The zero-order chi connectivity index (χ0) is 13.8. The number of amides is 1. The van der Waals surface area contributed by atoms with Gasteiger partial charge in [-0.05, 0) is 31.2 Å². The molecule has 0 bridgehead atoms. The first-order valence-corrected chi connectivity index (χ1v) is 5.81. The first-order valence-electron chi connectivity index (χ1n) is 5.81. The number of carbonyl (C=O) groups excluding carboxylic acids is 1. The summed E-state index contributed by atoms with van der Waals surface area (Å²) in [6.45, 7) is 1.91. The van der Waals surface area contributed by atoms with Gasteiger partial charge in [-0.1, -0.05) is 17.7 Å². The molecule has 0 spiro atoms. The van der Waals surface area contributed by atoms with Crippen LogP contribution in [0.2, 0.25) is 0 Å². The molecule has 0 aliphatic heterocycles. The van der Waals surface area contributed by atoms with Gasteiger partial charge in [-0.2, -0.15) is 0 Å². The lowest BCUT2D eigenvalue weighted by atomic mass is 10.1. The Kier molecular flexibility index (Phi) is 3.80. The molecule has 2 aromatic rings. The van der Waals surface area contributed by atoms with Crippen LogP contribution in [0.4, 0.5) is 10.1 Å². The molecule has 0 saturated carbocycles. The third kappa shape index (κ3) is 3.10. The van der Waals surface area contributed by atoms with Gasteiger partial charge >= 0.3 is 0 Å². The quantitative estimate of drug-likeness (QED) is 0.917. The van der Waals surface area contributed by atoms with E-state index in [0.29, 0.717) is 11.3 Å². The zero-order valence-electron chi connectivity index (χ0n) is 10.7. The molecule has 1 N–H and O–H groups in total. The minimum absolute atomic E-state index is 0.0991. The largest absolute Gasteiger partial charge is 0.494 e. The van der Waals surface area contributed by atoms with E-state index in [4.69, 9.17) is 4.74 Å². The molecular weight excluding hydrogens is 245 g/mol. The van der Waals surface area contributed by atoms with Gasteiger partial charge in [-0.15, -0.1) is 0 Å². The molecule has 2 aromatic carbocycles. The molecule has 3 nitrogen and oxygen atoms in total. The van der Waals surface area contributed by atoms with Crippen molar-refractivity contribution in [2.75, 3.05) is 12.4 Å². The van der Waals surface area contributed by atoms with E-state index in [2.05, 4.69) is 5.32 Å². The van der Waals surface area contributed by atoms with Crippen LogP contribution in [0.3, 0.4) is 0 Å². The first-order chi connectivity index (χ1) is 9.10. The van der Waals surface area contributed by atoms with Crippen LogP contribution in [0.15, 0.2) is 42.5 Å². The number of halogens is 1. The van der Waals surface area contributed by atoms with Crippen molar-refractivity contribution in [1.29, 1.82) is 0 Å². The van der Waals surface area contributed by atoms with Gasteiger partial charge in [0.2, 0.25) is 0 Å². The summed E-state index contributed by atoms with van der Waals surface area (Å²) in [5.74, 6) is -0.601. The third-order valence-electron chi connectivity index (χ3n) is 2.69. The van der Waals surface area contributed by atoms with Crippen molar-refractivity contribution < 1.29 is 13.9 Å². The van der Waals surface area contributed by atoms with Crippen LogP contribution in [0, 0.1) is 12.7 Å². The molecule has 0 fully saturated rings. The summed E-state index contributed by atoms with van der Waals surface area (Å²) in [4.78, 5) is 12.0. The molecule has 1 amide bonds. The highest BCUT2D eigenvalue weighted by Gasteiger charge is 2.08. The summed E-state index contributed by atoms with van der Waals surface area (Å²) in [6, 6.07) is 11.4. The summed E-state index contributed by atoms with van der Waals surface area (Å²) in [5.41, 5.74) is 2.05. The molecule has 0 unspecified atom stereocenters. The number of hydrogen-bond donors (Lipinski definition) is 1. The maximum absolute atomic E-state index is 13.2. The van der Waals surface area contributed by atoms with E-state index >= 15 is 0 Å². The lowest BCUT2D eigenvalue weighted by Gasteiger charge is -2.08. The highest BCUT2D eigenvalue weighted by Crippen LogP contribution is 2.21. The molecular formula is C15H14FNO2. The SMILES string of the molecule is COc1cc(NC(=O)c2cccc(C)c2)ccc1F. The fourth-order valence-corrected chi connectivity index (χ4v) is 1.73. The van der Waals surface area contributed by atoms with Crippen LogP contribution >= 0.6 is 0 Å². The van der Waals surface area contributed by atoms with Crippen LogP contribution < -0.4 is 10.1 Å². The smallest absolute Gasteiger partial charge is 0.255 e. The molecule has 0 radical (unpaired) electrons. The number of anilines is 1. The second-order valence-electron chi connectivity index (χ2n) is 4.17. The Labute approximate surface area is 111 Å². The Bertz CT molecular complexity index is 611. The fraction of sp³-hybridized carbons (Fsp3) is 0.133. The molecule has 0 aromatic heterocycles. The molecule has 0 saturated heterocycles. The van der Waals surface area contributed by atoms with Gasteiger partial charge in [0.15, 0.2) is 11.6 Å². The Hall–Kier alpha value is -2.36. The van der Waals surface area contributed by atoms with Crippen LogP contribution in [0.25, 0.3) is 0 Å². The highest BCUT2D eigenvalue weighted by molar-refractivity contribution is 6.04. The Morgan fingerprint density at radius 1 is 1.21 bits per heavy atom. The summed E-state index contributed by atoms with van der Waals surface area (Å²) >= 11 is 0. The van der Waals surface area contributed by atoms with Gasteiger partial charge < -0.3 is 10.1 Å². The monoisotopic (exact) mass is 259 g/mol. The van der Waals surface area contributed by atoms with Gasteiger partial charge in [0.05, 0.1) is 7.11 Å². The maximum atomic E-state index is 13.2. The third-order valence-corrected chi connectivity index (χ3v) is 2.69. The maximum Gasteiger partial charge on any atom is 0.255 e. The highest BCUT2D eigenvalue weighted by atomic mass is 19.1. The van der Waals surface area contributed by atoms with Crippen molar-refractivity contribution in [3.8, 4) is 5.75 Å². The van der Waals surface area contributed by atoms with E-state index in [9.17, 15) is 9.18 Å². The minimum Gasteiger partial charge on any atom is -0.494 e. The summed E-state index contributed by atoms with van der Waals surface area (Å²) in [7, 11) is 1.38. The van der Waals surface area contributed by atoms with E-state index in [0.717, 1.165) is 5.56 Å². The standard InChI is InChI=1S/C15H14FNO2/c1-10-4-3-5-11(8-10)15(18)17-12-6-7-13(16)14(9-12)19-2/h3-9H,1-2H3,(H,17,18). The topological polar surface area (TPSA) is 38.3 Å². The predicted molar refractivity (Wildman–Crippen MR) is 72.1 cm³/mol. The molecule has 2 rings (SSSR count). The number of nitrogens with one attached hydrogen (secondary N) is 1. The molecule has 0 aliphatic rings. The molecule has 0 atom stereocenters. The van der Waals surface area contributed by atoms with E-state index in [1.807, 2.05) is 19.1 Å².